The summed E-state index contributed by atoms with van der Waals surface area (Å²) in [5.74, 6) is 1.05. The molecular weight excluding hydrogens is 252 g/mol. The molecule has 1 fully saturated rings. The second kappa shape index (κ2) is 7.90. The molecule has 1 atom stereocenters. The topological polar surface area (TPSA) is 50.4 Å². The lowest BCUT2D eigenvalue weighted by atomic mass is 10.1. The summed E-state index contributed by atoms with van der Waals surface area (Å²) in [6.45, 7) is 1.79. The number of methoxy groups -OCH3 is 1. The van der Waals surface area contributed by atoms with Gasteiger partial charge in [0.1, 0.15) is 5.75 Å². The van der Waals surface area contributed by atoms with Gasteiger partial charge in [0, 0.05) is 19.0 Å². The first-order valence-electron chi connectivity index (χ1n) is 7.41. The Morgan fingerprint density at radius 3 is 3.15 bits per heavy atom. The van der Waals surface area contributed by atoms with E-state index >= 15 is 0 Å². The van der Waals surface area contributed by atoms with Crippen molar-refractivity contribution in [3.8, 4) is 5.75 Å². The van der Waals surface area contributed by atoms with Crippen molar-refractivity contribution in [2.75, 3.05) is 20.2 Å². The summed E-state index contributed by atoms with van der Waals surface area (Å²) >= 11 is 0. The maximum atomic E-state index is 11.7. The number of hydrogen-bond acceptors (Lipinski definition) is 3. The van der Waals surface area contributed by atoms with Crippen LogP contribution in [0.25, 0.3) is 0 Å². The molecular formula is C16H24N2O2. The van der Waals surface area contributed by atoms with Gasteiger partial charge in [-0.05, 0) is 49.9 Å². The van der Waals surface area contributed by atoms with E-state index in [9.17, 15) is 4.79 Å². The van der Waals surface area contributed by atoms with Crippen LogP contribution < -0.4 is 15.4 Å². The van der Waals surface area contributed by atoms with E-state index in [2.05, 4.69) is 16.7 Å². The third-order valence-electron chi connectivity index (χ3n) is 3.69. The molecule has 2 N–H and O–H groups in total. The zero-order chi connectivity index (χ0) is 14.2. The maximum Gasteiger partial charge on any atom is 0.221 e. The molecule has 1 aliphatic rings. The lowest BCUT2D eigenvalue weighted by Gasteiger charge is -2.10. The van der Waals surface area contributed by atoms with Crippen LogP contribution >= 0.6 is 0 Å². The summed E-state index contributed by atoms with van der Waals surface area (Å²) in [4.78, 5) is 11.7. The second-order valence-electron chi connectivity index (χ2n) is 5.30. The van der Waals surface area contributed by atoms with Gasteiger partial charge in [0.25, 0.3) is 0 Å². The molecule has 1 aromatic carbocycles. The van der Waals surface area contributed by atoms with Gasteiger partial charge in [-0.3, -0.25) is 4.79 Å². The molecule has 0 bridgehead atoms. The number of rotatable bonds is 7. The van der Waals surface area contributed by atoms with Gasteiger partial charge >= 0.3 is 0 Å². The number of nitrogens with one attached hydrogen (secondary N) is 2. The SMILES string of the molecule is COc1cccc(CCCNC(=O)CC2CCCN2)c1. The largest absolute Gasteiger partial charge is 0.497 e. The minimum absolute atomic E-state index is 0.162. The summed E-state index contributed by atoms with van der Waals surface area (Å²) in [7, 11) is 1.68. The average molecular weight is 276 g/mol. The normalized spacial score (nSPS) is 17.9. The number of carbonyl (C=O) groups excluding carboxylic acids is 1. The molecule has 0 spiro atoms. The molecule has 2 rings (SSSR count). The minimum atomic E-state index is 0.162. The summed E-state index contributed by atoms with van der Waals surface area (Å²) < 4.78 is 5.20. The quantitative estimate of drug-likeness (QED) is 0.748. The minimum Gasteiger partial charge on any atom is -0.497 e. The highest BCUT2D eigenvalue weighted by Gasteiger charge is 2.16. The lowest BCUT2D eigenvalue weighted by molar-refractivity contribution is -0.121. The third-order valence-corrected chi connectivity index (χ3v) is 3.69. The lowest BCUT2D eigenvalue weighted by Crippen LogP contribution is -2.32. The van der Waals surface area contributed by atoms with Crippen LogP contribution in [0, 0.1) is 0 Å². The zero-order valence-electron chi connectivity index (χ0n) is 12.2. The summed E-state index contributed by atoms with van der Waals surface area (Å²) in [5, 5.41) is 6.34. The van der Waals surface area contributed by atoms with Gasteiger partial charge in [0.2, 0.25) is 5.91 Å². The molecule has 0 aliphatic carbocycles. The van der Waals surface area contributed by atoms with Crippen molar-refractivity contribution in [2.24, 2.45) is 0 Å². The molecule has 0 radical (unpaired) electrons. The summed E-state index contributed by atoms with van der Waals surface area (Å²) in [6.07, 6.45) is 4.83. The monoisotopic (exact) mass is 276 g/mol. The number of ether oxygens (including phenoxy) is 1. The highest BCUT2D eigenvalue weighted by Crippen LogP contribution is 2.13. The van der Waals surface area contributed by atoms with E-state index in [1.54, 1.807) is 7.11 Å². The summed E-state index contributed by atoms with van der Waals surface area (Å²) in [6, 6.07) is 8.46. The van der Waals surface area contributed by atoms with E-state index in [0.717, 1.165) is 38.1 Å². The number of benzene rings is 1. The van der Waals surface area contributed by atoms with Gasteiger partial charge in [-0.2, -0.15) is 0 Å². The van der Waals surface area contributed by atoms with Crippen LogP contribution in [0.5, 0.6) is 5.75 Å². The Kier molecular flexibility index (Phi) is 5.87. The van der Waals surface area contributed by atoms with E-state index < -0.39 is 0 Å². The number of hydrogen-bond donors (Lipinski definition) is 2. The average Bonchev–Trinajstić information content (AvgIpc) is 2.97. The van der Waals surface area contributed by atoms with E-state index in [1.165, 1.54) is 12.0 Å². The van der Waals surface area contributed by atoms with Crippen molar-refractivity contribution in [3.05, 3.63) is 29.8 Å². The van der Waals surface area contributed by atoms with Crippen molar-refractivity contribution < 1.29 is 9.53 Å². The van der Waals surface area contributed by atoms with Crippen molar-refractivity contribution in [2.45, 2.75) is 38.1 Å². The van der Waals surface area contributed by atoms with Crippen LogP contribution in [-0.4, -0.2) is 32.1 Å². The van der Waals surface area contributed by atoms with Crippen LogP contribution in [0.3, 0.4) is 0 Å². The van der Waals surface area contributed by atoms with Crippen LogP contribution in [0.15, 0.2) is 24.3 Å². The molecule has 110 valence electrons. The van der Waals surface area contributed by atoms with Crippen LogP contribution in [0.4, 0.5) is 0 Å². The van der Waals surface area contributed by atoms with Crippen molar-refractivity contribution >= 4 is 5.91 Å². The van der Waals surface area contributed by atoms with Gasteiger partial charge in [-0.1, -0.05) is 12.1 Å². The highest BCUT2D eigenvalue weighted by molar-refractivity contribution is 5.76. The molecule has 1 aliphatic heterocycles. The Bertz CT molecular complexity index is 428. The molecule has 20 heavy (non-hydrogen) atoms. The molecule has 4 heteroatoms. The van der Waals surface area contributed by atoms with E-state index in [-0.39, 0.29) is 5.91 Å². The maximum absolute atomic E-state index is 11.7. The van der Waals surface area contributed by atoms with Crippen LogP contribution in [0.2, 0.25) is 0 Å². The first kappa shape index (κ1) is 14.9. The molecule has 1 unspecified atom stereocenters. The molecule has 0 saturated carbocycles. The second-order valence-corrected chi connectivity index (χ2v) is 5.30. The third kappa shape index (κ3) is 4.85. The van der Waals surface area contributed by atoms with E-state index in [0.29, 0.717) is 12.5 Å². The van der Waals surface area contributed by atoms with Gasteiger partial charge in [-0.25, -0.2) is 0 Å². The van der Waals surface area contributed by atoms with Crippen LogP contribution in [0.1, 0.15) is 31.2 Å². The molecule has 1 heterocycles. The van der Waals surface area contributed by atoms with Crippen molar-refractivity contribution in [1.29, 1.82) is 0 Å². The smallest absolute Gasteiger partial charge is 0.221 e. The Balaban J connectivity index is 1.61. The molecule has 1 aromatic rings. The fraction of sp³-hybridized carbons (Fsp3) is 0.562. The summed E-state index contributed by atoms with van der Waals surface area (Å²) in [5.41, 5.74) is 1.25. The van der Waals surface area contributed by atoms with Gasteiger partial charge in [-0.15, -0.1) is 0 Å². The predicted molar refractivity (Wildman–Crippen MR) is 80.0 cm³/mol. The molecule has 1 amide bonds. The first-order chi connectivity index (χ1) is 9.78. The molecule has 1 saturated heterocycles. The van der Waals surface area contributed by atoms with E-state index in [1.807, 2.05) is 18.2 Å². The highest BCUT2D eigenvalue weighted by atomic mass is 16.5. The fourth-order valence-electron chi connectivity index (χ4n) is 2.58. The van der Waals surface area contributed by atoms with Crippen LogP contribution in [-0.2, 0) is 11.2 Å². The van der Waals surface area contributed by atoms with Gasteiger partial charge < -0.3 is 15.4 Å². The standard InChI is InChI=1S/C16H24N2O2/c1-20-15-8-2-5-13(11-15)6-3-10-18-16(19)12-14-7-4-9-17-14/h2,5,8,11,14,17H,3-4,6-7,9-10,12H2,1H3,(H,18,19). The first-order valence-corrected chi connectivity index (χ1v) is 7.41. The number of aryl methyl sites for hydroxylation is 1. The van der Waals surface area contributed by atoms with Crippen molar-refractivity contribution in [1.82, 2.24) is 10.6 Å². The Hall–Kier alpha value is -1.55. The Morgan fingerprint density at radius 2 is 2.40 bits per heavy atom. The van der Waals surface area contributed by atoms with Crippen molar-refractivity contribution in [3.63, 3.8) is 0 Å². The Labute approximate surface area is 120 Å². The Morgan fingerprint density at radius 1 is 1.50 bits per heavy atom. The van der Waals surface area contributed by atoms with Gasteiger partial charge in [0.05, 0.1) is 7.11 Å². The molecule has 4 nitrogen and oxygen atoms in total. The molecule has 0 aromatic heterocycles. The van der Waals surface area contributed by atoms with Gasteiger partial charge in [0.15, 0.2) is 0 Å². The van der Waals surface area contributed by atoms with E-state index in [4.69, 9.17) is 4.74 Å². The zero-order valence-corrected chi connectivity index (χ0v) is 12.2. The predicted octanol–water partition coefficient (Wildman–Crippen LogP) is 1.89. The number of carbonyl (C=O) groups is 1. The number of amides is 1. The fourth-order valence-corrected chi connectivity index (χ4v) is 2.58.